The molecule has 1 spiro atoms. The minimum absolute atomic E-state index is 0. The lowest BCUT2D eigenvalue weighted by Gasteiger charge is -2.23. The van der Waals surface area contributed by atoms with Gasteiger partial charge in [0.2, 0.25) is 11.9 Å². The largest absolute Gasteiger partial charge is 0.495 e. The number of anilines is 1. The van der Waals surface area contributed by atoms with Crippen LogP contribution in [0.5, 0.6) is 5.75 Å². The van der Waals surface area contributed by atoms with Gasteiger partial charge in [0.1, 0.15) is 5.75 Å². The number of nitrogens with one attached hydrogen (secondary N) is 2. The zero-order chi connectivity index (χ0) is 19.1. The van der Waals surface area contributed by atoms with Gasteiger partial charge >= 0.3 is 0 Å². The number of nitrogens with zero attached hydrogens (tertiary/aromatic N) is 2. The molecule has 2 aliphatic rings. The normalized spacial score (nSPS) is 19.6. The van der Waals surface area contributed by atoms with Gasteiger partial charge in [-0.15, -0.1) is 12.4 Å². The number of ether oxygens (including phenoxy) is 1. The van der Waals surface area contributed by atoms with Gasteiger partial charge in [-0.05, 0) is 62.0 Å². The van der Waals surface area contributed by atoms with Crippen LogP contribution in [-0.4, -0.2) is 35.7 Å². The van der Waals surface area contributed by atoms with Crippen LogP contribution >= 0.6 is 12.4 Å². The monoisotopic (exact) mass is 412 g/mol. The van der Waals surface area contributed by atoms with Crippen molar-refractivity contribution < 1.29 is 9.53 Å². The smallest absolute Gasteiger partial charge is 0.230 e. The first kappa shape index (κ1) is 19.7. The van der Waals surface area contributed by atoms with Gasteiger partial charge in [-0.1, -0.05) is 24.3 Å². The third kappa shape index (κ3) is 3.36. The van der Waals surface area contributed by atoms with E-state index in [-0.39, 0.29) is 29.6 Å². The molecular weight excluding hydrogens is 388 g/mol. The Labute approximate surface area is 176 Å². The molecule has 2 fully saturated rings. The summed E-state index contributed by atoms with van der Waals surface area (Å²) in [6.45, 7) is 2.01. The number of amides is 1. The van der Waals surface area contributed by atoms with Crippen molar-refractivity contribution in [3.05, 3.63) is 48.5 Å². The number of methoxy groups -OCH3 is 1. The van der Waals surface area contributed by atoms with E-state index in [9.17, 15) is 4.79 Å². The molecule has 6 nitrogen and oxygen atoms in total. The van der Waals surface area contributed by atoms with Crippen LogP contribution in [0.3, 0.4) is 0 Å². The SMILES string of the molecule is COc1ccccc1-n1c(NC(=O)C2CC23CCNCC3)nc2ccccc21.Cl. The van der Waals surface area contributed by atoms with Crippen molar-refractivity contribution in [1.82, 2.24) is 14.9 Å². The second-order valence-electron chi connectivity index (χ2n) is 7.79. The molecule has 1 amide bonds. The van der Waals surface area contributed by atoms with E-state index in [1.165, 1.54) is 0 Å². The van der Waals surface area contributed by atoms with Gasteiger partial charge in [0.25, 0.3) is 0 Å². The number of benzene rings is 2. The third-order valence-corrected chi connectivity index (χ3v) is 6.23. The fraction of sp³-hybridized carbons (Fsp3) is 0.364. The zero-order valence-electron chi connectivity index (χ0n) is 16.4. The Balaban J connectivity index is 0.00000205. The molecule has 7 heteroatoms. The van der Waals surface area contributed by atoms with E-state index in [0.29, 0.717) is 5.95 Å². The number of piperidine rings is 1. The highest BCUT2D eigenvalue weighted by molar-refractivity contribution is 5.96. The fourth-order valence-corrected chi connectivity index (χ4v) is 4.56. The Kier molecular flexibility index (Phi) is 5.23. The van der Waals surface area contributed by atoms with Gasteiger partial charge in [0.15, 0.2) is 0 Å². The Morgan fingerprint density at radius 3 is 2.69 bits per heavy atom. The summed E-state index contributed by atoms with van der Waals surface area (Å²) in [5.74, 6) is 1.45. The number of halogens is 1. The summed E-state index contributed by atoms with van der Waals surface area (Å²) in [6.07, 6.45) is 3.14. The molecule has 1 aliphatic heterocycles. The summed E-state index contributed by atoms with van der Waals surface area (Å²) in [5, 5.41) is 6.51. The topological polar surface area (TPSA) is 68.2 Å². The van der Waals surface area contributed by atoms with Crippen LogP contribution in [0.4, 0.5) is 5.95 Å². The highest BCUT2D eigenvalue weighted by Crippen LogP contribution is 2.58. The second-order valence-corrected chi connectivity index (χ2v) is 7.79. The van der Waals surface area contributed by atoms with Crippen LogP contribution in [0, 0.1) is 11.3 Å². The van der Waals surface area contributed by atoms with Crippen molar-refractivity contribution in [3.63, 3.8) is 0 Å². The first-order valence-electron chi connectivity index (χ1n) is 9.84. The van der Waals surface area contributed by atoms with E-state index >= 15 is 0 Å². The molecule has 1 saturated heterocycles. The maximum absolute atomic E-state index is 13.0. The van der Waals surface area contributed by atoms with E-state index < -0.39 is 0 Å². The van der Waals surface area contributed by atoms with Crippen molar-refractivity contribution in [3.8, 4) is 11.4 Å². The van der Waals surface area contributed by atoms with Gasteiger partial charge in [-0.3, -0.25) is 14.7 Å². The number of hydrogen-bond acceptors (Lipinski definition) is 4. The van der Waals surface area contributed by atoms with Crippen LogP contribution in [-0.2, 0) is 4.79 Å². The number of carbonyl (C=O) groups is 1. The van der Waals surface area contributed by atoms with Crippen molar-refractivity contribution >= 4 is 35.3 Å². The van der Waals surface area contributed by atoms with E-state index in [1.807, 2.05) is 53.1 Å². The fourth-order valence-electron chi connectivity index (χ4n) is 4.56. The van der Waals surface area contributed by atoms with Gasteiger partial charge < -0.3 is 10.1 Å². The number of rotatable bonds is 4. The summed E-state index contributed by atoms with van der Waals surface area (Å²) in [5.41, 5.74) is 2.84. The lowest BCUT2D eigenvalue weighted by molar-refractivity contribution is -0.118. The van der Waals surface area contributed by atoms with E-state index in [4.69, 9.17) is 9.72 Å². The van der Waals surface area contributed by atoms with Gasteiger partial charge in [-0.2, -0.15) is 0 Å². The molecule has 2 aromatic carbocycles. The molecule has 1 unspecified atom stereocenters. The molecule has 1 saturated carbocycles. The van der Waals surface area contributed by atoms with E-state index in [1.54, 1.807) is 7.11 Å². The minimum Gasteiger partial charge on any atom is -0.495 e. The first-order chi connectivity index (χ1) is 13.7. The number of aromatic nitrogens is 2. The van der Waals surface area contributed by atoms with Crippen molar-refractivity contribution in [2.24, 2.45) is 11.3 Å². The molecule has 3 aromatic rings. The Morgan fingerprint density at radius 2 is 1.90 bits per heavy atom. The lowest BCUT2D eigenvalue weighted by atomic mass is 9.92. The molecule has 2 N–H and O–H groups in total. The molecule has 5 rings (SSSR count). The zero-order valence-corrected chi connectivity index (χ0v) is 17.2. The molecule has 1 aromatic heterocycles. The molecule has 0 radical (unpaired) electrons. The average Bonchev–Trinajstić information content (AvgIpc) is 3.30. The molecule has 0 bridgehead atoms. The highest BCUT2D eigenvalue weighted by Gasteiger charge is 2.57. The summed E-state index contributed by atoms with van der Waals surface area (Å²) >= 11 is 0. The van der Waals surface area contributed by atoms with Gasteiger partial charge in [0, 0.05) is 5.92 Å². The highest BCUT2D eigenvalue weighted by atomic mass is 35.5. The average molecular weight is 413 g/mol. The van der Waals surface area contributed by atoms with Crippen LogP contribution in [0.2, 0.25) is 0 Å². The second kappa shape index (κ2) is 7.69. The molecular formula is C22H25ClN4O2. The Hall–Kier alpha value is -2.57. The van der Waals surface area contributed by atoms with E-state index in [0.717, 1.165) is 54.8 Å². The van der Waals surface area contributed by atoms with Crippen LogP contribution in [0.1, 0.15) is 19.3 Å². The number of hydrogen-bond donors (Lipinski definition) is 2. The molecule has 1 atom stereocenters. The maximum Gasteiger partial charge on any atom is 0.230 e. The van der Waals surface area contributed by atoms with Gasteiger partial charge in [-0.25, -0.2) is 4.98 Å². The first-order valence-corrected chi connectivity index (χ1v) is 9.84. The maximum atomic E-state index is 13.0. The lowest BCUT2D eigenvalue weighted by Crippen LogP contribution is -2.32. The summed E-state index contributed by atoms with van der Waals surface area (Å²) in [7, 11) is 1.65. The van der Waals surface area contributed by atoms with Crippen LogP contribution in [0.25, 0.3) is 16.7 Å². The number of carbonyl (C=O) groups excluding carboxylic acids is 1. The minimum atomic E-state index is 0. The quantitative estimate of drug-likeness (QED) is 0.684. The van der Waals surface area contributed by atoms with Crippen LogP contribution < -0.4 is 15.4 Å². The predicted octanol–water partition coefficient (Wildman–Crippen LogP) is 3.78. The summed E-state index contributed by atoms with van der Waals surface area (Å²) < 4.78 is 7.54. The molecule has 2 heterocycles. The molecule has 1 aliphatic carbocycles. The summed E-state index contributed by atoms with van der Waals surface area (Å²) in [6, 6.07) is 15.7. The van der Waals surface area contributed by atoms with E-state index in [2.05, 4.69) is 10.6 Å². The molecule has 152 valence electrons. The van der Waals surface area contributed by atoms with Crippen LogP contribution in [0.15, 0.2) is 48.5 Å². The summed E-state index contributed by atoms with van der Waals surface area (Å²) in [4.78, 5) is 17.8. The predicted molar refractivity (Wildman–Crippen MR) is 116 cm³/mol. The standard InChI is InChI=1S/C22H24N4O2.ClH/c1-28-19-9-5-4-8-18(19)26-17-7-3-2-6-16(17)24-21(26)25-20(27)15-14-22(15)10-12-23-13-11-22;/h2-9,15,23H,10-14H2,1H3,(H,24,25,27);1H. The number of fused-ring (bicyclic) bond motifs is 1. The number of imidazole rings is 1. The van der Waals surface area contributed by atoms with Crippen molar-refractivity contribution in [1.29, 1.82) is 0 Å². The molecule has 29 heavy (non-hydrogen) atoms. The van der Waals surface area contributed by atoms with Crippen molar-refractivity contribution in [2.45, 2.75) is 19.3 Å². The third-order valence-electron chi connectivity index (χ3n) is 6.23. The Bertz CT molecular complexity index is 1040. The Morgan fingerprint density at radius 1 is 1.17 bits per heavy atom. The van der Waals surface area contributed by atoms with Gasteiger partial charge in [0.05, 0.1) is 23.8 Å². The van der Waals surface area contributed by atoms with Crippen molar-refractivity contribution in [2.75, 3.05) is 25.5 Å². The number of para-hydroxylation sites is 4.